The summed E-state index contributed by atoms with van der Waals surface area (Å²) in [5.41, 5.74) is 3.42. The molecule has 0 spiro atoms. The number of benzene rings is 1. The summed E-state index contributed by atoms with van der Waals surface area (Å²) in [6, 6.07) is 11.1. The Morgan fingerprint density at radius 1 is 1.28 bits per heavy atom. The first-order chi connectivity index (χ1) is 14.0. The van der Waals surface area contributed by atoms with E-state index in [1.807, 2.05) is 24.4 Å². The first kappa shape index (κ1) is 20.3. The average molecular weight is 447 g/mol. The Balaban J connectivity index is 1.46. The fourth-order valence-electron chi connectivity index (χ4n) is 3.54. The van der Waals surface area contributed by atoms with E-state index < -0.39 is 0 Å². The third-order valence-electron chi connectivity index (χ3n) is 4.97. The van der Waals surface area contributed by atoms with Crippen molar-refractivity contribution in [1.82, 2.24) is 14.9 Å². The van der Waals surface area contributed by atoms with Crippen LogP contribution in [0.1, 0.15) is 46.2 Å². The molecular formula is C21H20Cl2N4OS. The van der Waals surface area contributed by atoms with Crippen LogP contribution in [-0.4, -0.2) is 27.3 Å². The van der Waals surface area contributed by atoms with Crippen molar-refractivity contribution in [2.24, 2.45) is 0 Å². The summed E-state index contributed by atoms with van der Waals surface area (Å²) in [4.78, 5) is 23.8. The minimum Gasteiger partial charge on any atom is -0.298 e. The van der Waals surface area contributed by atoms with Crippen LogP contribution in [0.15, 0.2) is 41.8 Å². The van der Waals surface area contributed by atoms with Crippen molar-refractivity contribution in [2.45, 2.75) is 32.4 Å². The number of nitrogens with zero attached hydrogens (tertiary/aromatic N) is 3. The van der Waals surface area contributed by atoms with Gasteiger partial charge in [-0.05, 0) is 50.6 Å². The molecule has 29 heavy (non-hydrogen) atoms. The average Bonchev–Trinajstić information content (AvgIpc) is 3.33. The van der Waals surface area contributed by atoms with E-state index in [1.54, 1.807) is 24.3 Å². The van der Waals surface area contributed by atoms with E-state index in [4.69, 9.17) is 23.2 Å². The number of aromatic nitrogens is 2. The molecule has 0 bridgehead atoms. The van der Waals surface area contributed by atoms with Gasteiger partial charge in [-0.1, -0.05) is 35.3 Å². The third kappa shape index (κ3) is 4.78. The quantitative estimate of drug-likeness (QED) is 0.507. The van der Waals surface area contributed by atoms with Crippen LogP contribution in [0.25, 0.3) is 0 Å². The van der Waals surface area contributed by atoms with E-state index in [1.165, 1.54) is 11.3 Å². The monoisotopic (exact) mass is 446 g/mol. The van der Waals surface area contributed by atoms with Gasteiger partial charge in [0, 0.05) is 33.8 Å². The predicted molar refractivity (Wildman–Crippen MR) is 118 cm³/mol. The minimum absolute atomic E-state index is 0.209. The number of likely N-dealkylation sites (tertiary alicyclic amines) is 1. The smallest absolute Gasteiger partial charge is 0.257 e. The van der Waals surface area contributed by atoms with Crippen LogP contribution in [0.4, 0.5) is 5.13 Å². The van der Waals surface area contributed by atoms with E-state index in [2.05, 4.69) is 20.2 Å². The van der Waals surface area contributed by atoms with Crippen LogP contribution in [0.2, 0.25) is 10.2 Å². The number of carbonyl (C=O) groups is 1. The maximum absolute atomic E-state index is 12.4. The maximum atomic E-state index is 12.4. The maximum Gasteiger partial charge on any atom is 0.257 e. The third-order valence-corrected chi connectivity index (χ3v) is 6.31. The van der Waals surface area contributed by atoms with Crippen molar-refractivity contribution in [3.8, 4) is 0 Å². The van der Waals surface area contributed by atoms with Crippen molar-refractivity contribution < 1.29 is 4.79 Å². The first-order valence-corrected chi connectivity index (χ1v) is 11.0. The van der Waals surface area contributed by atoms with Crippen LogP contribution < -0.4 is 5.32 Å². The summed E-state index contributed by atoms with van der Waals surface area (Å²) in [5, 5.41) is 6.57. The summed E-state index contributed by atoms with van der Waals surface area (Å²) in [6.07, 6.45) is 2.13. The number of aryl methyl sites for hydroxylation is 1. The van der Waals surface area contributed by atoms with Crippen molar-refractivity contribution >= 4 is 45.6 Å². The second-order valence-electron chi connectivity index (χ2n) is 7.07. The van der Waals surface area contributed by atoms with Crippen molar-refractivity contribution in [3.63, 3.8) is 0 Å². The SMILES string of the molecule is Cc1ccc(CN2CCC[C@@H]2c2csc(NC(=O)c3cccc(Cl)c3)n2)c(Cl)n1. The number of hydrogen-bond acceptors (Lipinski definition) is 5. The highest BCUT2D eigenvalue weighted by Gasteiger charge is 2.28. The second kappa shape index (κ2) is 8.79. The van der Waals surface area contributed by atoms with E-state index in [0.717, 1.165) is 42.9 Å². The summed E-state index contributed by atoms with van der Waals surface area (Å²) in [5.74, 6) is -0.214. The van der Waals surface area contributed by atoms with Crippen LogP contribution >= 0.6 is 34.5 Å². The van der Waals surface area contributed by atoms with E-state index >= 15 is 0 Å². The number of rotatable bonds is 5. The summed E-state index contributed by atoms with van der Waals surface area (Å²) in [7, 11) is 0. The lowest BCUT2D eigenvalue weighted by atomic mass is 10.1. The predicted octanol–water partition coefficient (Wildman–Crippen LogP) is 5.74. The number of nitrogens with one attached hydrogen (secondary N) is 1. The van der Waals surface area contributed by atoms with E-state index in [9.17, 15) is 4.79 Å². The Morgan fingerprint density at radius 2 is 2.14 bits per heavy atom. The Bertz CT molecular complexity index is 1040. The Labute approximate surface area is 183 Å². The molecule has 150 valence electrons. The molecular weight excluding hydrogens is 427 g/mol. The van der Waals surface area contributed by atoms with Crippen LogP contribution in [-0.2, 0) is 6.54 Å². The normalized spacial score (nSPS) is 16.9. The molecule has 5 nitrogen and oxygen atoms in total. The van der Waals surface area contributed by atoms with Gasteiger partial charge >= 0.3 is 0 Å². The minimum atomic E-state index is -0.214. The first-order valence-electron chi connectivity index (χ1n) is 9.38. The van der Waals surface area contributed by atoms with Crippen LogP contribution in [0.5, 0.6) is 0 Å². The molecule has 8 heteroatoms. The van der Waals surface area contributed by atoms with Gasteiger partial charge in [0.15, 0.2) is 5.13 Å². The zero-order chi connectivity index (χ0) is 20.4. The number of anilines is 1. The summed E-state index contributed by atoms with van der Waals surface area (Å²) >= 11 is 13.7. The Hall–Kier alpha value is -1.99. The lowest BCUT2D eigenvalue weighted by molar-refractivity contribution is 0.102. The second-order valence-corrected chi connectivity index (χ2v) is 8.73. The van der Waals surface area contributed by atoms with Gasteiger partial charge < -0.3 is 0 Å². The Kier molecular flexibility index (Phi) is 6.15. The highest BCUT2D eigenvalue weighted by molar-refractivity contribution is 7.14. The molecule has 2 aromatic heterocycles. The molecule has 0 aliphatic carbocycles. The molecule has 0 radical (unpaired) electrons. The fourth-order valence-corrected chi connectivity index (χ4v) is 4.73. The molecule has 0 unspecified atom stereocenters. The molecule has 1 N–H and O–H groups in total. The number of hydrogen-bond donors (Lipinski definition) is 1. The van der Waals surface area contributed by atoms with Gasteiger partial charge in [0.25, 0.3) is 5.91 Å². The Morgan fingerprint density at radius 3 is 2.93 bits per heavy atom. The molecule has 1 aliphatic rings. The van der Waals surface area contributed by atoms with Gasteiger partial charge in [-0.25, -0.2) is 9.97 Å². The number of halogens is 2. The molecule has 0 saturated carbocycles. The van der Waals surface area contributed by atoms with Gasteiger partial charge in [-0.2, -0.15) is 0 Å². The van der Waals surface area contributed by atoms with Crippen molar-refractivity contribution in [3.05, 3.63) is 74.5 Å². The molecule has 1 atom stereocenters. The van der Waals surface area contributed by atoms with Gasteiger partial charge in [0.05, 0.1) is 11.7 Å². The highest BCUT2D eigenvalue weighted by Crippen LogP contribution is 2.35. The molecule has 1 aromatic carbocycles. The lowest BCUT2D eigenvalue weighted by Crippen LogP contribution is -2.23. The molecule has 1 amide bonds. The number of amides is 1. The van der Waals surface area contributed by atoms with Gasteiger partial charge in [-0.15, -0.1) is 11.3 Å². The molecule has 4 rings (SSSR count). The molecule has 1 fully saturated rings. The number of carbonyl (C=O) groups excluding carboxylic acids is 1. The highest BCUT2D eigenvalue weighted by atomic mass is 35.5. The zero-order valence-electron chi connectivity index (χ0n) is 15.9. The number of thiazole rings is 1. The van der Waals surface area contributed by atoms with Crippen LogP contribution in [0, 0.1) is 6.92 Å². The largest absolute Gasteiger partial charge is 0.298 e. The topological polar surface area (TPSA) is 58.1 Å². The molecule has 3 heterocycles. The van der Waals surface area contributed by atoms with Crippen molar-refractivity contribution in [2.75, 3.05) is 11.9 Å². The summed E-state index contributed by atoms with van der Waals surface area (Å²) < 4.78 is 0. The van der Waals surface area contributed by atoms with E-state index in [-0.39, 0.29) is 11.9 Å². The summed E-state index contributed by atoms with van der Waals surface area (Å²) in [6.45, 7) is 3.65. The molecule has 3 aromatic rings. The zero-order valence-corrected chi connectivity index (χ0v) is 18.2. The molecule has 1 aliphatic heterocycles. The lowest BCUT2D eigenvalue weighted by Gasteiger charge is -2.23. The van der Waals surface area contributed by atoms with Crippen LogP contribution in [0.3, 0.4) is 0 Å². The van der Waals surface area contributed by atoms with Crippen molar-refractivity contribution in [1.29, 1.82) is 0 Å². The fraction of sp³-hybridized carbons (Fsp3) is 0.286. The molecule has 1 saturated heterocycles. The standard InChI is InChI=1S/C21H20Cl2N4OS/c1-13-7-8-15(19(23)24-13)11-27-9-3-6-18(27)17-12-29-21(25-17)26-20(28)14-4-2-5-16(22)10-14/h2,4-5,7-8,10,12,18H,3,6,9,11H2,1H3,(H,25,26,28)/t18-/m1/s1. The van der Waals surface area contributed by atoms with E-state index in [0.29, 0.717) is 20.9 Å². The number of pyridine rings is 1. The van der Waals surface area contributed by atoms with Gasteiger partial charge in [0.2, 0.25) is 0 Å². The van der Waals surface area contributed by atoms with Gasteiger partial charge in [0.1, 0.15) is 5.15 Å². The van der Waals surface area contributed by atoms with Gasteiger partial charge in [-0.3, -0.25) is 15.0 Å².